The Kier molecular flexibility index (Phi) is 4.14. The van der Waals surface area contributed by atoms with Crippen molar-refractivity contribution >= 4 is 33.2 Å². The van der Waals surface area contributed by atoms with E-state index in [1.54, 1.807) is 12.1 Å². The van der Waals surface area contributed by atoms with E-state index < -0.39 is 10.8 Å². The van der Waals surface area contributed by atoms with Crippen molar-refractivity contribution in [3.8, 4) is 0 Å². The summed E-state index contributed by atoms with van der Waals surface area (Å²) in [6.07, 6.45) is 0. The van der Waals surface area contributed by atoms with E-state index >= 15 is 0 Å². The molecule has 1 N–H and O–H groups in total. The minimum atomic E-state index is -0.569. The van der Waals surface area contributed by atoms with E-state index in [1.807, 2.05) is 19.1 Å². The number of nitrogens with zero attached hydrogens (tertiary/aromatic N) is 1. The number of carbonyl (C=O) groups excluding carboxylic acids is 1. The number of benzene rings is 2. The summed E-state index contributed by atoms with van der Waals surface area (Å²) in [6, 6.07) is 11.3. The van der Waals surface area contributed by atoms with Crippen LogP contribution in [0.15, 0.2) is 46.9 Å². The average molecular weight is 335 g/mol. The molecule has 0 spiro atoms. The molecular weight excluding hydrogens is 324 g/mol. The molecule has 0 heterocycles. The summed E-state index contributed by atoms with van der Waals surface area (Å²) in [5.41, 5.74) is 1.37. The van der Waals surface area contributed by atoms with Gasteiger partial charge in [0.2, 0.25) is 0 Å². The molecule has 0 saturated carbocycles. The summed E-state index contributed by atoms with van der Waals surface area (Å²) >= 11 is 3.33. The van der Waals surface area contributed by atoms with Crippen LogP contribution in [-0.4, -0.2) is 10.8 Å². The first-order chi connectivity index (χ1) is 9.49. The van der Waals surface area contributed by atoms with Crippen molar-refractivity contribution in [1.82, 2.24) is 0 Å². The van der Waals surface area contributed by atoms with Gasteiger partial charge in [-0.15, -0.1) is 0 Å². The number of hydrogen-bond acceptors (Lipinski definition) is 3. The van der Waals surface area contributed by atoms with E-state index in [4.69, 9.17) is 0 Å². The Labute approximate surface area is 123 Å². The lowest BCUT2D eigenvalue weighted by Crippen LogP contribution is -2.14. The molecular formula is C14H11BrN2O3. The predicted octanol–water partition coefficient (Wildman–Crippen LogP) is 3.92. The molecule has 5 nitrogen and oxygen atoms in total. The summed E-state index contributed by atoms with van der Waals surface area (Å²) in [7, 11) is 0. The summed E-state index contributed by atoms with van der Waals surface area (Å²) < 4.78 is 0.718. The van der Waals surface area contributed by atoms with Crippen molar-refractivity contribution in [2.45, 2.75) is 6.92 Å². The molecule has 20 heavy (non-hydrogen) atoms. The number of hydrogen-bond donors (Lipinski definition) is 1. The molecule has 0 aliphatic rings. The summed E-state index contributed by atoms with van der Waals surface area (Å²) in [5.74, 6) is -0.511. The molecule has 0 unspecified atom stereocenters. The fourth-order valence-electron chi connectivity index (χ4n) is 1.75. The second-order valence-electron chi connectivity index (χ2n) is 4.21. The van der Waals surface area contributed by atoms with Crippen LogP contribution in [0.2, 0.25) is 0 Å². The Morgan fingerprint density at radius 1 is 1.25 bits per heavy atom. The zero-order valence-corrected chi connectivity index (χ0v) is 12.2. The molecule has 0 atom stereocenters. The van der Waals surface area contributed by atoms with Crippen LogP contribution in [0.5, 0.6) is 0 Å². The van der Waals surface area contributed by atoms with E-state index in [1.165, 1.54) is 18.2 Å². The SMILES string of the molecule is Cc1ccc(Br)c(NC(=O)c2ccccc2[N+](=O)[O-])c1. The van der Waals surface area contributed by atoms with E-state index in [0.717, 1.165) is 10.0 Å². The van der Waals surface area contributed by atoms with Crippen molar-refractivity contribution in [2.75, 3.05) is 5.32 Å². The van der Waals surface area contributed by atoms with Gasteiger partial charge in [-0.3, -0.25) is 14.9 Å². The molecule has 2 rings (SSSR count). The van der Waals surface area contributed by atoms with Crippen LogP contribution in [0.4, 0.5) is 11.4 Å². The smallest absolute Gasteiger partial charge is 0.282 e. The summed E-state index contributed by atoms with van der Waals surface area (Å²) in [5, 5.41) is 13.6. The Hall–Kier alpha value is -2.21. The van der Waals surface area contributed by atoms with E-state index in [2.05, 4.69) is 21.2 Å². The van der Waals surface area contributed by atoms with Gasteiger partial charge in [0.25, 0.3) is 11.6 Å². The first-order valence-electron chi connectivity index (χ1n) is 5.80. The third-order valence-corrected chi connectivity index (χ3v) is 3.41. The molecule has 2 aromatic rings. The Bertz CT molecular complexity index is 686. The van der Waals surface area contributed by atoms with Crippen LogP contribution >= 0.6 is 15.9 Å². The highest BCUT2D eigenvalue weighted by atomic mass is 79.9. The third-order valence-electron chi connectivity index (χ3n) is 2.72. The van der Waals surface area contributed by atoms with Gasteiger partial charge in [-0.05, 0) is 46.6 Å². The largest absolute Gasteiger partial charge is 0.321 e. The molecule has 6 heteroatoms. The first kappa shape index (κ1) is 14.2. The zero-order valence-electron chi connectivity index (χ0n) is 10.6. The minimum absolute atomic E-state index is 0.0332. The number of halogens is 1. The van der Waals surface area contributed by atoms with Gasteiger partial charge < -0.3 is 5.32 Å². The highest BCUT2D eigenvalue weighted by molar-refractivity contribution is 9.10. The van der Waals surface area contributed by atoms with Gasteiger partial charge >= 0.3 is 0 Å². The molecule has 0 bridgehead atoms. The number of nitro groups is 1. The monoisotopic (exact) mass is 334 g/mol. The maximum absolute atomic E-state index is 12.2. The molecule has 102 valence electrons. The number of amides is 1. The Morgan fingerprint density at radius 3 is 2.65 bits per heavy atom. The van der Waals surface area contributed by atoms with Crippen LogP contribution in [0.3, 0.4) is 0 Å². The molecule has 0 radical (unpaired) electrons. The van der Waals surface area contributed by atoms with Crippen molar-refractivity contribution in [2.24, 2.45) is 0 Å². The van der Waals surface area contributed by atoms with Crippen molar-refractivity contribution in [3.63, 3.8) is 0 Å². The lowest BCUT2D eigenvalue weighted by molar-refractivity contribution is -0.385. The van der Waals surface area contributed by atoms with Gasteiger partial charge in [-0.2, -0.15) is 0 Å². The molecule has 0 aliphatic carbocycles. The molecule has 0 aliphatic heterocycles. The number of para-hydroxylation sites is 1. The van der Waals surface area contributed by atoms with Gasteiger partial charge in [0.05, 0.1) is 10.6 Å². The zero-order chi connectivity index (χ0) is 14.7. The topological polar surface area (TPSA) is 72.2 Å². The van der Waals surface area contributed by atoms with Crippen LogP contribution in [0.25, 0.3) is 0 Å². The molecule has 0 saturated heterocycles. The standard InChI is InChI=1S/C14H11BrN2O3/c1-9-6-7-11(15)12(8-9)16-14(18)10-4-2-3-5-13(10)17(19)20/h2-8H,1H3,(H,16,18). The number of aryl methyl sites for hydroxylation is 1. The maximum Gasteiger partial charge on any atom is 0.282 e. The van der Waals surface area contributed by atoms with E-state index in [0.29, 0.717) is 5.69 Å². The fraction of sp³-hybridized carbons (Fsp3) is 0.0714. The van der Waals surface area contributed by atoms with Crippen LogP contribution < -0.4 is 5.32 Å². The number of carbonyl (C=O) groups is 1. The third kappa shape index (κ3) is 3.03. The molecule has 0 aromatic heterocycles. The highest BCUT2D eigenvalue weighted by Gasteiger charge is 2.19. The van der Waals surface area contributed by atoms with Gasteiger partial charge in [0, 0.05) is 10.5 Å². The van der Waals surface area contributed by atoms with Crippen LogP contribution in [0, 0.1) is 17.0 Å². The Balaban J connectivity index is 2.33. The maximum atomic E-state index is 12.2. The van der Waals surface area contributed by atoms with Gasteiger partial charge in [0.1, 0.15) is 5.56 Å². The summed E-state index contributed by atoms with van der Waals surface area (Å²) in [6.45, 7) is 1.90. The second-order valence-corrected chi connectivity index (χ2v) is 5.07. The first-order valence-corrected chi connectivity index (χ1v) is 6.59. The lowest BCUT2D eigenvalue weighted by atomic mass is 10.1. The quantitative estimate of drug-likeness (QED) is 0.683. The van der Waals surface area contributed by atoms with Gasteiger partial charge in [-0.25, -0.2) is 0 Å². The van der Waals surface area contributed by atoms with Gasteiger partial charge in [-0.1, -0.05) is 18.2 Å². The predicted molar refractivity (Wildman–Crippen MR) is 79.9 cm³/mol. The molecule has 2 aromatic carbocycles. The highest BCUT2D eigenvalue weighted by Crippen LogP contribution is 2.25. The average Bonchev–Trinajstić information content (AvgIpc) is 2.42. The van der Waals surface area contributed by atoms with Gasteiger partial charge in [0.15, 0.2) is 0 Å². The lowest BCUT2D eigenvalue weighted by Gasteiger charge is -2.08. The van der Waals surface area contributed by atoms with E-state index in [9.17, 15) is 14.9 Å². The number of nitro benzene ring substituents is 1. The number of nitrogens with one attached hydrogen (secondary N) is 1. The van der Waals surface area contributed by atoms with Crippen molar-refractivity contribution in [1.29, 1.82) is 0 Å². The molecule has 1 amide bonds. The number of anilines is 1. The number of rotatable bonds is 3. The van der Waals surface area contributed by atoms with Crippen LogP contribution in [0.1, 0.15) is 15.9 Å². The second kappa shape index (κ2) is 5.83. The van der Waals surface area contributed by atoms with Crippen molar-refractivity contribution in [3.05, 3.63) is 68.2 Å². The minimum Gasteiger partial charge on any atom is -0.321 e. The Morgan fingerprint density at radius 2 is 1.95 bits per heavy atom. The van der Waals surface area contributed by atoms with Crippen LogP contribution in [-0.2, 0) is 0 Å². The normalized spacial score (nSPS) is 10.1. The fourth-order valence-corrected chi connectivity index (χ4v) is 2.10. The van der Waals surface area contributed by atoms with Crippen molar-refractivity contribution < 1.29 is 9.72 Å². The molecule has 0 fully saturated rings. The summed E-state index contributed by atoms with van der Waals surface area (Å²) in [4.78, 5) is 22.5. The van der Waals surface area contributed by atoms with E-state index in [-0.39, 0.29) is 11.3 Å².